The van der Waals surface area contributed by atoms with E-state index in [4.69, 9.17) is 0 Å². The topological polar surface area (TPSA) is 95.1 Å². The van der Waals surface area contributed by atoms with Crippen LogP contribution in [0.4, 0.5) is 0 Å². The minimum Gasteiger partial charge on any atom is -0.282 e. The van der Waals surface area contributed by atoms with Gasteiger partial charge in [0.15, 0.2) is 0 Å². The highest BCUT2D eigenvalue weighted by atomic mass is 32.2. The molecule has 0 aromatic carbocycles. The zero-order valence-corrected chi connectivity index (χ0v) is 15.1. The summed E-state index contributed by atoms with van der Waals surface area (Å²) in [5.74, 6) is 0.536. The number of hydrogen-bond acceptors (Lipinski definition) is 5. The first kappa shape index (κ1) is 17.0. The third-order valence-corrected chi connectivity index (χ3v) is 6.05. The van der Waals surface area contributed by atoms with E-state index in [1.54, 1.807) is 14.1 Å². The quantitative estimate of drug-likeness (QED) is 0.900. The van der Waals surface area contributed by atoms with Crippen molar-refractivity contribution in [3.8, 4) is 11.4 Å². The normalized spacial score (nSPS) is 19.3. The summed E-state index contributed by atoms with van der Waals surface area (Å²) >= 11 is 0. The minimum atomic E-state index is -3.50. The lowest BCUT2D eigenvalue weighted by atomic mass is 10.2. The highest BCUT2D eigenvalue weighted by Crippen LogP contribution is 2.34. The summed E-state index contributed by atoms with van der Waals surface area (Å²) in [6, 6.07) is 3.43. The number of aromatic nitrogens is 4. The molecule has 0 radical (unpaired) electrons. The molecule has 3 rings (SSSR count). The molecule has 1 fully saturated rings. The minimum absolute atomic E-state index is 0.337. The van der Waals surface area contributed by atoms with Gasteiger partial charge in [-0.1, -0.05) is 0 Å². The molecule has 24 heavy (non-hydrogen) atoms. The van der Waals surface area contributed by atoms with E-state index in [-0.39, 0.29) is 6.04 Å². The lowest BCUT2D eigenvalue weighted by Gasteiger charge is -2.26. The Kier molecular flexibility index (Phi) is 4.41. The van der Waals surface area contributed by atoms with E-state index in [0.29, 0.717) is 18.1 Å². The SMILES string of the molecule is Cc1cc(-c2cc(C)[nH]n2)nc([C@H]2CCCN2S(=O)(=O)N(C)C)n1. The van der Waals surface area contributed by atoms with Crippen LogP contribution in [0.5, 0.6) is 0 Å². The predicted octanol–water partition coefficient (Wildman–Crippen LogP) is 1.43. The summed E-state index contributed by atoms with van der Waals surface area (Å²) in [5, 5.41) is 7.14. The first-order valence-corrected chi connectivity index (χ1v) is 9.26. The fraction of sp³-hybridized carbons (Fsp3) is 0.533. The van der Waals surface area contributed by atoms with Gasteiger partial charge in [0.2, 0.25) is 0 Å². The maximum absolute atomic E-state index is 12.5. The Morgan fingerprint density at radius 2 is 1.96 bits per heavy atom. The van der Waals surface area contributed by atoms with Crippen LogP contribution in [-0.4, -0.2) is 57.8 Å². The number of aryl methyl sites for hydroxylation is 2. The fourth-order valence-electron chi connectivity index (χ4n) is 2.91. The Balaban J connectivity index is 2.01. The second-order valence-electron chi connectivity index (χ2n) is 6.25. The standard InChI is InChI=1S/C15H22N6O2S/c1-10-8-12(13-9-11(2)18-19-13)17-15(16-10)14-6-5-7-21(14)24(22,23)20(3)4/h8-9,14H,5-7H2,1-4H3,(H,18,19)/t14-/m1/s1. The van der Waals surface area contributed by atoms with Crippen molar-refractivity contribution in [1.29, 1.82) is 0 Å². The molecule has 2 aromatic heterocycles. The van der Waals surface area contributed by atoms with E-state index >= 15 is 0 Å². The van der Waals surface area contributed by atoms with Gasteiger partial charge in [-0.05, 0) is 38.8 Å². The molecule has 9 heteroatoms. The summed E-state index contributed by atoms with van der Waals surface area (Å²) < 4.78 is 27.8. The molecule has 3 heterocycles. The molecule has 2 aromatic rings. The van der Waals surface area contributed by atoms with Crippen LogP contribution in [0.2, 0.25) is 0 Å². The van der Waals surface area contributed by atoms with Gasteiger partial charge in [-0.25, -0.2) is 9.97 Å². The van der Waals surface area contributed by atoms with E-state index < -0.39 is 10.2 Å². The molecule has 0 aliphatic carbocycles. The van der Waals surface area contributed by atoms with Crippen LogP contribution in [0.15, 0.2) is 12.1 Å². The molecular weight excluding hydrogens is 328 g/mol. The highest BCUT2D eigenvalue weighted by Gasteiger charge is 2.38. The fourth-order valence-corrected chi connectivity index (χ4v) is 4.21. The van der Waals surface area contributed by atoms with Gasteiger partial charge in [-0.15, -0.1) is 0 Å². The molecule has 1 aliphatic rings. The molecule has 130 valence electrons. The summed E-state index contributed by atoms with van der Waals surface area (Å²) in [6.07, 6.45) is 1.52. The van der Waals surface area contributed by atoms with Crippen LogP contribution < -0.4 is 0 Å². The number of nitrogens with zero attached hydrogens (tertiary/aromatic N) is 5. The number of hydrogen-bond donors (Lipinski definition) is 1. The largest absolute Gasteiger partial charge is 0.282 e. The lowest BCUT2D eigenvalue weighted by Crippen LogP contribution is -2.40. The average molecular weight is 350 g/mol. The van der Waals surface area contributed by atoms with Gasteiger partial charge in [-0.3, -0.25) is 5.10 Å². The first-order chi connectivity index (χ1) is 11.3. The number of nitrogens with one attached hydrogen (secondary N) is 1. The Hall–Kier alpha value is -1.84. The first-order valence-electron chi connectivity index (χ1n) is 7.86. The van der Waals surface area contributed by atoms with Gasteiger partial charge >= 0.3 is 0 Å². The van der Waals surface area contributed by atoms with Crippen LogP contribution in [-0.2, 0) is 10.2 Å². The third kappa shape index (κ3) is 3.06. The Labute approximate surface area is 142 Å². The molecule has 0 amide bonds. The molecule has 0 unspecified atom stereocenters. The van der Waals surface area contributed by atoms with E-state index in [1.807, 2.05) is 26.0 Å². The molecule has 1 atom stereocenters. The van der Waals surface area contributed by atoms with Crippen molar-refractivity contribution in [2.45, 2.75) is 32.7 Å². The smallest absolute Gasteiger partial charge is 0.282 e. The van der Waals surface area contributed by atoms with Crippen LogP contribution in [0.25, 0.3) is 11.4 Å². The second-order valence-corrected chi connectivity index (χ2v) is 8.34. The van der Waals surface area contributed by atoms with Crippen LogP contribution in [0, 0.1) is 13.8 Å². The number of aromatic amines is 1. The Morgan fingerprint density at radius 3 is 2.58 bits per heavy atom. The molecule has 0 spiro atoms. The highest BCUT2D eigenvalue weighted by molar-refractivity contribution is 7.86. The second kappa shape index (κ2) is 6.23. The average Bonchev–Trinajstić information content (AvgIpc) is 3.15. The van der Waals surface area contributed by atoms with E-state index in [2.05, 4.69) is 20.2 Å². The monoisotopic (exact) mass is 350 g/mol. The van der Waals surface area contributed by atoms with Crippen molar-refractivity contribution >= 4 is 10.2 Å². The zero-order chi connectivity index (χ0) is 17.5. The molecule has 1 N–H and O–H groups in total. The zero-order valence-electron chi connectivity index (χ0n) is 14.3. The Morgan fingerprint density at radius 1 is 1.21 bits per heavy atom. The number of rotatable bonds is 4. The summed E-state index contributed by atoms with van der Waals surface area (Å²) in [5.41, 5.74) is 3.18. The molecule has 0 saturated carbocycles. The molecule has 1 aliphatic heterocycles. The van der Waals surface area contributed by atoms with Gasteiger partial charge < -0.3 is 0 Å². The summed E-state index contributed by atoms with van der Waals surface area (Å²) in [7, 11) is -0.412. The van der Waals surface area contributed by atoms with E-state index in [0.717, 1.165) is 29.9 Å². The van der Waals surface area contributed by atoms with Gasteiger partial charge in [0.1, 0.15) is 11.5 Å². The van der Waals surface area contributed by atoms with Crippen LogP contribution in [0.3, 0.4) is 0 Å². The van der Waals surface area contributed by atoms with E-state index in [1.165, 1.54) is 8.61 Å². The maximum atomic E-state index is 12.5. The third-order valence-electron chi connectivity index (χ3n) is 4.10. The predicted molar refractivity (Wildman–Crippen MR) is 90.4 cm³/mol. The van der Waals surface area contributed by atoms with Crippen molar-refractivity contribution in [1.82, 2.24) is 28.8 Å². The molecule has 8 nitrogen and oxygen atoms in total. The van der Waals surface area contributed by atoms with Crippen molar-refractivity contribution < 1.29 is 8.42 Å². The maximum Gasteiger partial charge on any atom is 0.282 e. The van der Waals surface area contributed by atoms with Gasteiger partial charge in [0.05, 0.1) is 11.7 Å². The van der Waals surface area contributed by atoms with Crippen molar-refractivity contribution in [2.75, 3.05) is 20.6 Å². The van der Waals surface area contributed by atoms with Crippen molar-refractivity contribution in [2.24, 2.45) is 0 Å². The summed E-state index contributed by atoms with van der Waals surface area (Å²) in [4.78, 5) is 9.10. The molecular formula is C15H22N6O2S. The van der Waals surface area contributed by atoms with Gasteiger partial charge in [0, 0.05) is 32.0 Å². The Bertz CT molecular complexity index is 845. The molecule has 1 saturated heterocycles. The van der Waals surface area contributed by atoms with Crippen LogP contribution >= 0.6 is 0 Å². The van der Waals surface area contributed by atoms with Crippen LogP contribution in [0.1, 0.15) is 36.1 Å². The van der Waals surface area contributed by atoms with E-state index in [9.17, 15) is 8.42 Å². The van der Waals surface area contributed by atoms with Gasteiger partial charge in [0.25, 0.3) is 10.2 Å². The number of H-pyrrole nitrogens is 1. The van der Waals surface area contributed by atoms with Gasteiger partial charge in [-0.2, -0.15) is 22.1 Å². The molecule has 0 bridgehead atoms. The van der Waals surface area contributed by atoms with Crippen molar-refractivity contribution in [3.63, 3.8) is 0 Å². The van der Waals surface area contributed by atoms with Crippen molar-refractivity contribution in [3.05, 3.63) is 29.3 Å². The summed E-state index contributed by atoms with van der Waals surface area (Å²) in [6.45, 7) is 4.29. The lowest BCUT2D eigenvalue weighted by molar-refractivity contribution is 0.352.